The van der Waals surface area contributed by atoms with Crippen LogP contribution in [0.15, 0.2) is 47.0 Å². The Kier molecular flexibility index (Phi) is 3.65. The fourth-order valence-electron chi connectivity index (χ4n) is 2.15. The monoisotopic (exact) mass is 284 g/mol. The minimum Gasteiger partial charge on any atom is -0.472 e. The molecule has 0 saturated carbocycles. The van der Waals surface area contributed by atoms with Crippen molar-refractivity contribution >= 4 is 11.3 Å². The van der Waals surface area contributed by atoms with E-state index in [9.17, 15) is 0 Å². The lowest BCUT2D eigenvalue weighted by atomic mass is 9.97. The molecule has 20 heavy (non-hydrogen) atoms. The van der Waals surface area contributed by atoms with Gasteiger partial charge < -0.3 is 4.42 Å². The molecule has 3 aromatic rings. The van der Waals surface area contributed by atoms with E-state index in [0.717, 1.165) is 33.7 Å². The quantitative estimate of drug-likeness (QED) is 0.678. The molecule has 0 bridgehead atoms. The van der Waals surface area contributed by atoms with Crippen LogP contribution in [0, 0.1) is 0 Å². The number of hydrogen-bond acceptors (Lipinski definition) is 4. The number of aromatic nitrogens is 2. The van der Waals surface area contributed by atoms with Crippen molar-refractivity contribution in [3.05, 3.63) is 48.3 Å². The molecule has 0 aliphatic carbocycles. The number of furan rings is 1. The predicted molar refractivity (Wildman–Crippen MR) is 81.8 cm³/mol. The molecular weight excluding hydrogens is 268 g/mol. The number of pyridine rings is 1. The summed E-state index contributed by atoms with van der Waals surface area (Å²) >= 11 is 1.63. The highest BCUT2D eigenvalue weighted by Gasteiger charge is 2.14. The highest BCUT2D eigenvalue weighted by Crippen LogP contribution is 2.35. The van der Waals surface area contributed by atoms with E-state index < -0.39 is 0 Å². The van der Waals surface area contributed by atoms with Gasteiger partial charge in [-0.1, -0.05) is 13.8 Å². The normalized spacial score (nSPS) is 12.5. The van der Waals surface area contributed by atoms with E-state index >= 15 is 0 Å². The summed E-state index contributed by atoms with van der Waals surface area (Å²) in [6, 6.07) is 4.16. The Morgan fingerprint density at radius 3 is 2.85 bits per heavy atom. The average Bonchev–Trinajstić information content (AvgIpc) is 3.18. The van der Waals surface area contributed by atoms with E-state index in [2.05, 4.69) is 29.9 Å². The molecule has 3 rings (SSSR count). The average molecular weight is 284 g/mol. The first kappa shape index (κ1) is 13.1. The minimum absolute atomic E-state index is 0.455. The van der Waals surface area contributed by atoms with E-state index in [1.165, 1.54) is 0 Å². The second kappa shape index (κ2) is 5.59. The van der Waals surface area contributed by atoms with E-state index in [1.54, 1.807) is 23.9 Å². The van der Waals surface area contributed by atoms with Crippen molar-refractivity contribution in [3.8, 4) is 21.6 Å². The third-order valence-corrected chi connectivity index (χ3v) is 4.38. The van der Waals surface area contributed by atoms with Crippen LogP contribution in [0.3, 0.4) is 0 Å². The van der Waals surface area contributed by atoms with Gasteiger partial charge in [-0.15, -0.1) is 11.3 Å². The van der Waals surface area contributed by atoms with Crippen LogP contribution in [0.25, 0.3) is 21.6 Å². The minimum atomic E-state index is 0.455. The molecule has 3 heterocycles. The van der Waals surface area contributed by atoms with Crippen LogP contribution in [0.4, 0.5) is 0 Å². The maximum atomic E-state index is 5.24. The lowest BCUT2D eigenvalue weighted by Gasteiger charge is -2.12. The van der Waals surface area contributed by atoms with Gasteiger partial charge >= 0.3 is 0 Å². The molecule has 0 aliphatic heterocycles. The second-order valence-corrected chi connectivity index (χ2v) is 5.73. The number of hydrogen-bond donors (Lipinski definition) is 0. The third-order valence-electron chi connectivity index (χ3n) is 3.57. The molecule has 1 atom stereocenters. The summed E-state index contributed by atoms with van der Waals surface area (Å²) in [5.74, 6) is 0.455. The first-order valence-corrected chi connectivity index (χ1v) is 7.59. The largest absolute Gasteiger partial charge is 0.472 e. The zero-order chi connectivity index (χ0) is 13.9. The molecule has 0 aromatic carbocycles. The zero-order valence-electron chi connectivity index (χ0n) is 11.5. The van der Waals surface area contributed by atoms with Crippen molar-refractivity contribution in [2.75, 3.05) is 0 Å². The Labute approximate surface area is 122 Å². The summed E-state index contributed by atoms with van der Waals surface area (Å²) in [7, 11) is 0. The van der Waals surface area contributed by atoms with Crippen LogP contribution in [0.2, 0.25) is 0 Å². The molecule has 0 fully saturated rings. The van der Waals surface area contributed by atoms with Crippen molar-refractivity contribution in [2.45, 2.75) is 26.2 Å². The predicted octanol–water partition coefficient (Wildman–Crippen LogP) is 4.98. The summed E-state index contributed by atoms with van der Waals surface area (Å²) in [6.07, 6.45) is 8.40. The van der Waals surface area contributed by atoms with Crippen LogP contribution >= 0.6 is 11.3 Å². The Balaban J connectivity index is 2.15. The molecule has 102 valence electrons. The Morgan fingerprint density at radius 1 is 1.30 bits per heavy atom. The van der Waals surface area contributed by atoms with Crippen molar-refractivity contribution in [1.82, 2.24) is 9.97 Å². The first-order valence-electron chi connectivity index (χ1n) is 6.71. The molecule has 0 radical (unpaired) electrons. The van der Waals surface area contributed by atoms with Crippen LogP contribution in [-0.2, 0) is 0 Å². The standard InChI is InChI=1S/C16H16N2OS/c1-3-11(2)15-6-13(12-4-5-19-9-12)14(7-18-15)16-8-17-10-20-16/h4-11H,3H2,1-2H3. The van der Waals surface area contributed by atoms with Crippen LogP contribution in [-0.4, -0.2) is 9.97 Å². The smallest absolute Gasteiger partial charge is 0.0981 e. The summed E-state index contributed by atoms with van der Waals surface area (Å²) in [6.45, 7) is 4.38. The summed E-state index contributed by atoms with van der Waals surface area (Å²) in [5.41, 5.74) is 6.32. The van der Waals surface area contributed by atoms with Crippen LogP contribution < -0.4 is 0 Å². The van der Waals surface area contributed by atoms with E-state index in [1.807, 2.05) is 24.0 Å². The van der Waals surface area contributed by atoms with Gasteiger partial charge in [0.05, 0.1) is 22.9 Å². The van der Waals surface area contributed by atoms with Gasteiger partial charge in [0.2, 0.25) is 0 Å². The molecule has 0 amide bonds. The lowest BCUT2D eigenvalue weighted by molar-refractivity contribution is 0.568. The summed E-state index contributed by atoms with van der Waals surface area (Å²) in [5, 5.41) is 0. The van der Waals surface area contributed by atoms with Gasteiger partial charge in [0.1, 0.15) is 0 Å². The number of thiazole rings is 1. The second-order valence-electron chi connectivity index (χ2n) is 4.84. The highest BCUT2D eigenvalue weighted by atomic mass is 32.1. The number of rotatable bonds is 4. The molecule has 4 heteroatoms. The zero-order valence-corrected chi connectivity index (χ0v) is 12.4. The Bertz CT molecular complexity index is 675. The number of nitrogens with zero attached hydrogens (tertiary/aromatic N) is 2. The van der Waals surface area contributed by atoms with Crippen molar-refractivity contribution in [1.29, 1.82) is 0 Å². The molecular formula is C16H16N2OS. The fourth-order valence-corrected chi connectivity index (χ4v) is 2.80. The fraction of sp³-hybridized carbons (Fsp3) is 0.250. The van der Waals surface area contributed by atoms with Gasteiger partial charge in [0.15, 0.2) is 0 Å². The highest BCUT2D eigenvalue weighted by molar-refractivity contribution is 7.13. The molecule has 0 aliphatic rings. The van der Waals surface area contributed by atoms with Gasteiger partial charge in [-0.3, -0.25) is 9.97 Å². The van der Waals surface area contributed by atoms with E-state index in [0.29, 0.717) is 5.92 Å². The molecule has 3 aromatic heterocycles. The topological polar surface area (TPSA) is 38.9 Å². The van der Waals surface area contributed by atoms with Crippen molar-refractivity contribution in [2.24, 2.45) is 0 Å². The Hall–Kier alpha value is -1.94. The molecule has 3 nitrogen and oxygen atoms in total. The van der Waals surface area contributed by atoms with Gasteiger partial charge in [0.25, 0.3) is 0 Å². The van der Waals surface area contributed by atoms with E-state index in [-0.39, 0.29) is 0 Å². The molecule has 0 saturated heterocycles. The van der Waals surface area contributed by atoms with Crippen LogP contribution in [0.1, 0.15) is 31.9 Å². The SMILES string of the molecule is CCC(C)c1cc(-c2ccoc2)c(-c2cncs2)cn1. The van der Waals surface area contributed by atoms with Gasteiger partial charge in [-0.05, 0) is 30.0 Å². The molecule has 0 N–H and O–H groups in total. The van der Waals surface area contributed by atoms with Gasteiger partial charge in [-0.25, -0.2) is 0 Å². The maximum absolute atomic E-state index is 5.24. The third kappa shape index (κ3) is 2.39. The summed E-state index contributed by atoms with van der Waals surface area (Å²) in [4.78, 5) is 9.92. The summed E-state index contributed by atoms with van der Waals surface area (Å²) < 4.78 is 5.24. The van der Waals surface area contributed by atoms with E-state index in [4.69, 9.17) is 4.42 Å². The van der Waals surface area contributed by atoms with Crippen LogP contribution in [0.5, 0.6) is 0 Å². The van der Waals surface area contributed by atoms with Crippen molar-refractivity contribution < 1.29 is 4.42 Å². The molecule has 0 spiro atoms. The maximum Gasteiger partial charge on any atom is 0.0981 e. The lowest BCUT2D eigenvalue weighted by Crippen LogP contribution is -1.97. The van der Waals surface area contributed by atoms with Gasteiger partial charge in [-0.2, -0.15) is 0 Å². The van der Waals surface area contributed by atoms with Gasteiger partial charge in [0, 0.05) is 29.2 Å². The van der Waals surface area contributed by atoms with Crippen molar-refractivity contribution in [3.63, 3.8) is 0 Å². The first-order chi connectivity index (χ1) is 9.79. The molecule has 1 unspecified atom stereocenters. The Morgan fingerprint density at radius 2 is 2.20 bits per heavy atom.